The Bertz CT molecular complexity index is 1680. The fraction of sp³-hybridized carbons (Fsp3) is 0.312. The Morgan fingerprint density at radius 2 is 1.71 bits per heavy atom. The van der Waals surface area contributed by atoms with Gasteiger partial charge >= 0.3 is 0 Å². The molecular weight excluding hydrogens is 559 g/mol. The van der Waals surface area contributed by atoms with Crippen LogP contribution in [0, 0.1) is 5.92 Å². The predicted molar refractivity (Wildman–Crippen MR) is 158 cm³/mol. The number of aromatic nitrogens is 2. The molecular formula is C32H28Cl2N4O3. The smallest absolute Gasteiger partial charge is 0.237 e. The minimum atomic E-state index is -0.628. The topological polar surface area (TPSA) is 84.4 Å². The van der Waals surface area contributed by atoms with Gasteiger partial charge in [0.2, 0.25) is 11.8 Å². The Labute approximate surface area is 247 Å². The van der Waals surface area contributed by atoms with Gasteiger partial charge in [-0.15, -0.1) is 0 Å². The molecule has 208 valence electrons. The van der Waals surface area contributed by atoms with Crippen LogP contribution < -0.4 is 5.32 Å². The van der Waals surface area contributed by atoms with E-state index in [1.54, 1.807) is 12.3 Å². The summed E-state index contributed by atoms with van der Waals surface area (Å²) in [6.45, 7) is 1.99. The molecule has 0 radical (unpaired) electrons. The molecule has 1 N–H and O–H groups in total. The Morgan fingerprint density at radius 3 is 2.49 bits per heavy atom. The van der Waals surface area contributed by atoms with Crippen LogP contribution in [0.1, 0.15) is 40.7 Å². The minimum absolute atomic E-state index is 0.00323. The molecule has 1 spiro atoms. The minimum Gasteiger partial charge on any atom is -0.381 e. The van der Waals surface area contributed by atoms with Crippen LogP contribution >= 0.6 is 23.2 Å². The highest BCUT2D eigenvalue weighted by atomic mass is 35.5. The second-order valence-electron chi connectivity index (χ2n) is 11.3. The number of ether oxygens (including phenoxy) is 1. The normalized spacial score (nSPS) is 19.8. The lowest BCUT2D eigenvalue weighted by Gasteiger charge is -2.30. The Balaban J connectivity index is 1.19. The lowest BCUT2D eigenvalue weighted by molar-refractivity contribution is -0.139. The average molecular weight is 588 g/mol. The standard InChI is InChI=1S/C32H28Cl2N4O3/c33-25-9-19(10-26(34)13-25)17-38(30(39)21-3-6-41-7-4-21)18-20-8-22-11-23-14-32(15-24(23)12-28(22)36-16-20)27-2-1-5-35-29(27)37-31(32)40/h1-2,5,8-13,16,21H,3-4,6-7,14-15,17-18H2,(H,35,37,40)/t32-/m0/s1. The summed E-state index contributed by atoms with van der Waals surface area (Å²) >= 11 is 12.5. The number of carbonyl (C=O) groups excluding carboxylic acids is 2. The molecule has 1 aliphatic carbocycles. The van der Waals surface area contributed by atoms with Gasteiger partial charge in [-0.3, -0.25) is 14.6 Å². The second-order valence-corrected chi connectivity index (χ2v) is 12.2. The van der Waals surface area contributed by atoms with Gasteiger partial charge in [0.1, 0.15) is 5.82 Å². The molecule has 9 heteroatoms. The Morgan fingerprint density at radius 1 is 0.976 bits per heavy atom. The van der Waals surface area contributed by atoms with E-state index in [4.69, 9.17) is 32.9 Å². The van der Waals surface area contributed by atoms with E-state index >= 15 is 0 Å². The number of carbonyl (C=O) groups is 2. The maximum absolute atomic E-state index is 13.7. The van der Waals surface area contributed by atoms with Crippen LogP contribution in [0.2, 0.25) is 10.0 Å². The fourth-order valence-electron chi connectivity index (χ4n) is 6.59. The SMILES string of the molecule is O=C(C1CCOCC1)N(Cc1cc(Cl)cc(Cl)c1)Cc1cnc2cc3c(cc2c1)C[C@@]1(C3)C(=O)Nc2ncccc21. The van der Waals surface area contributed by atoms with E-state index in [9.17, 15) is 9.59 Å². The van der Waals surface area contributed by atoms with Gasteiger partial charge in [0.25, 0.3) is 0 Å². The molecule has 7 rings (SSSR count). The summed E-state index contributed by atoms with van der Waals surface area (Å²) in [6, 6.07) is 15.6. The fourth-order valence-corrected chi connectivity index (χ4v) is 7.16. The van der Waals surface area contributed by atoms with Gasteiger partial charge < -0.3 is 15.0 Å². The van der Waals surface area contributed by atoms with Crippen molar-refractivity contribution in [1.82, 2.24) is 14.9 Å². The number of amides is 2. The summed E-state index contributed by atoms with van der Waals surface area (Å²) in [7, 11) is 0. The van der Waals surface area contributed by atoms with Crippen molar-refractivity contribution in [1.29, 1.82) is 0 Å². The number of pyridine rings is 2. The first-order valence-electron chi connectivity index (χ1n) is 13.9. The molecule has 0 unspecified atom stereocenters. The third-order valence-electron chi connectivity index (χ3n) is 8.59. The molecule has 2 amide bonds. The van der Waals surface area contributed by atoms with Crippen molar-refractivity contribution < 1.29 is 14.3 Å². The summed E-state index contributed by atoms with van der Waals surface area (Å²) in [5.41, 5.74) is 5.31. The lowest BCUT2D eigenvalue weighted by atomic mass is 9.79. The van der Waals surface area contributed by atoms with Crippen LogP contribution in [0.4, 0.5) is 5.82 Å². The monoisotopic (exact) mass is 586 g/mol. The van der Waals surface area contributed by atoms with Crippen molar-refractivity contribution in [3.05, 3.63) is 98.8 Å². The van der Waals surface area contributed by atoms with E-state index in [2.05, 4.69) is 28.5 Å². The lowest BCUT2D eigenvalue weighted by Crippen LogP contribution is -2.37. The molecule has 4 aromatic rings. The van der Waals surface area contributed by atoms with Crippen molar-refractivity contribution in [2.75, 3.05) is 18.5 Å². The number of nitrogens with one attached hydrogen (secondary N) is 1. The molecule has 41 heavy (non-hydrogen) atoms. The molecule has 2 aromatic carbocycles. The predicted octanol–water partition coefficient (Wildman–Crippen LogP) is 5.88. The van der Waals surface area contributed by atoms with Crippen LogP contribution in [0.3, 0.4) is 0 Å². The number of halogens is 2. The maximum atomic E-state index is 13.7. The van der Waals surface area contributed by atoms with Gasteiger partial charge in [-0.2, -0.15) is 0 Å². The third-order valence-corrected chi connectivity index (χ3v) is 9.02. The first kappa shape index (κ1) is 26.4. The van der Waals surface area contributed by atoms with Gasteiger partial charge in [-0.05, 0) is 90.4 Å². The van der Waals surface area contributed by atoms with Gasteiger partial charge in [-0.1, -0.05) is 29.3 Å². The number of rotatable bonds is 5. The van der Waals surface area contributed by atoms with Crippen molar-refractivity contribution in [2.45, 2.75) is 44.2 Å². The van der Waals surface area contributed by atoms with Gasteiger partial charge in [0, 0.05) is 65.6 Å². The van der Waals surface area contributed by atoms with Crippen LogP contribution in [0.15, 0.2) is 60.9 Å². The van der Waals surface area contributed by atoms with Crippen LogP contribution in [-0.4, -0.2) is 39.9 Å². The van der Waals surface area contributed by atoms with E-state index < -0.39 is 5.41 Å². The molecule has 3 aliphatic rings. The number of hydrogen-bond acceptors (Lipinski definition) is 5. The number of nitrogens with zero attached hydrogens (tertiary/aromatic N) is 3. The van der Waals surface area contributed by atoms with Crippen LogP contribution in [0.5, 0.6) is 0 Å². The van der Waals surface area contributed by atoms with Crippen molar-refractivity contribution in [3.8, 4) is 0 Å². The molecule has 0 saturated carbocycles. The second kappa shape index (κ2) is 10.4. The quantitative estimate of drug-likeness (QED) is 0.315. The van der Waals surface area contributed by atoms with Crippen molar-refractivity contribution in [3.63, 3.8) is 0 Å². The van der Waals surface area contributed by atoms with E-state index in [0.717, 1.165) is 38.7 Å². The highest BCUT2D eigenvalue weighted by Gasteiger charge is 2.51. The summed E-state index contributed by atoms with van der Waals surface area (Å²) in [6.07, 6.45) is 6.22. The van der Waals surface area contributed by atoms with Crippen LogP contribution in [-0.2, 0) is 45.7 Å². The summed E-state index contributed by atoms with van der Waals surface area (Å²) in [4.78, 5) is 37.9. The number of hydrogen-bond donors (Lipinski definition) is 1. The Hall–Kier alpha value is -3.52. The molecule has 1 atom stereocenters. The first-order chi connectivity index (χ1) is 19.9. The number of benzene rings is 2. The van der Waals surface area contributed by atoms with Crippen LogP contribution in [0.25, 0.3) is 10.9 Å². The molecule has 2 aliphatic heterocycles. The molecule has 4 heterocycles. The Kier molecular flexibility index (Phi) is 6.69. The van der Waals surface area contributed by atoms with E-state index in [-0.39, 0.29) is 17.7 Å². The molecule has 2 aromatic heterocycles. The zero-order valence-electron chi connectivity index (χ0n) is 22.3. The van der Waals surface area contributed by atoms with E-state index in [1.165, 1.54) is 0 Å². The van der Waals surface area contributed by atoms with E-state index in [1.807, 2.05) is 35.4 Å². The molecule has 0 bridgehead atoms. The number of fused-ring (bicyclic) bond motifs is 4. The first-order valence-corrected chi connectivity index (χ1v) is 14.6. The van der Waals surface area contributed by atoms with E-state index in [0.29, 0.717) is 67.8 Å². The van der Waals surface area contributed by atoms with Gasteiger partial charge in [0.05, 0.1) is 10.9 Å². The highest BCUT2D eigenvalue weighted by molar-refractivity contribution is 6.34. The molecule has 7 nitrogen and oxygen atoms in total. The average Bonchev–Trinajstić information content (AvgIpc) is 3.47. The summed E-state index contributed by atoms with van der Waals surface area (Å²) in [5, 5.41) is 5.05. The number of anilines is 1. The summed E-state index contributed by atoms with van der Waals surface area (Å²) < 4.78 is 5.50. The largest absolute Gasteiger partial charge is 0.381 e. The summed E-state index contributed by atoms with van der Waals surface area (Å²) in [5.74, 6) is 0.676. The third kappa shape index (κ3) is 4.86. The zero-order chi connectivity index (χ0) is 28.1. The van der Waals surface area contributed by atoms with Gasteiger partial charge in [0.15, 0.2) is 0 Å². The maximum Gasteiger partial charge on any atom is 0.237 e. The zero-order valence-corrected chi connectivity index (χ0v) is 23.8. The molecule has 1 fully saturated rings. The van der Waals surface area contributed by atoms with Crippen molar-refractivity contribution >= 4 is 51.7 Å². The molecule has 1 saturated heterocycles. The van der Waals surface area contributed by atoms with Gasteiger partial charge in [-0.25, -0.2) is 4.98 Å². The van der Waals surface area contributed by atoms with Crippen molar-refractivity contribution in [2.24, 2.45) is 5.92 Å². The highest BCUT2D eigenvalue weighted by Crippen LogP contribution is 2.47.